The molecule has 35 heavy (non-hydrogen) atoms. The van der Waals surface area contributed by atoms with E-state index in [1.807, 2.05) is 37.4 Å². The number of aliphatic hydroxyl groups is 1. The van der Waals surface area contributed by atoms with Crippen LogP contribution in [0.1, 0.15) is 29.2 Å². The zero-order valence-electron chi connectivity index (χ0n) is 19.6. The molecule has 7 nitrogen and oxygen atoms in total. The largest absolute Gasteiger partial charge is 0.497 e. The summed E-state index contributed by atoms with van der Waals surface area (Å²) in [4.78, 5) is 6.37. The predicted octanol–water partition coefficient (Wildman–Crippen LogP) is 3.05. The number of nitrogens with zero attached hydrogens (tertiary/aromatic N) is 3. The predicted molar refractivity (Wildman–Crippen MR) is 134 cm³/mol. The van der Waals surface area contributed by atoms with E-state index < -0.39 is 16.1 Å². The number of aromatic nitrogens is 1. The minimum Gasteiger partial charge on any atom is -0.497 e. The van der Waals surface area contributed by atoms with E-state index in [4.69, 9.17) is 4.74 Å². The lowest BCUT2D eigenvalue weighted by atomic mass is 9.82. The van der Waals surface area contributed by atoms with Gasteiger partial charge in [-0.25, -0.2) is 8.42 Å². The Balaban J connectivity index is 1.59. The third-order valence-corrected chi connectivity index (χ3v) is 8.84. The molecule has 180 valence electrons. The van der Waals surface area contributed by atoms with Crippen molar-refractivity contribution >= 4 is 15.7 Å². The number of sulfonamides is 1. The Morgan fingerprint density at radius 2 is 1.94 bits per heavy atom. The normalized spacial score (nSPS) is 21.6. The number of likely N-dealkylation sites (N-methyl/N-ethyl adjacent to an activating group) is 1. The standard InChI is InChI=1S/C27H27N3O4S/c1-29-25-11-10-19(8-9-20-5-4-13-28-17-20)15-24(25)27-23(26(29)18-31)12-14-30(27)35(32,33)22-7-3-6-21(16-22)34-2/h3-7,10-11,13,15-17,23,26-27,31H,12,14,18H2,1-2H3/t23-,26+,27-/m0/s1. The van der Waals surface area contributed by atoms with Crippen LogP contribution in [0.5, 0.6) is 5.75 Å². The first-order valence-electron chi connectivity index (χ1n) is 11.5. The fraction of sp³-hybridized carbons (Fsp3) is 0.296. The molecule has 2 aromatic carbocycles. The van der Waals surface area contributed by atoms with Gasteiger partial charge in [-0.3, -0.25) is 4.98 Å². The zero-order valence-corrected chi connectivity index (χ0v) is 20.4. The lowest BCUT2D eigenvalue weighted by Gasteiger charge is -2.44. The van der Waals surface area contributed by atoms with Crippen molar-refractivity contribution in [3.8, 4) is 17.6 Å². The summed E-state index contributed by atoms with van der Waals surface area (Å²) in [6.07, 6.45) is 4.07. The van der Waals surface area contributed by atoms with Gasteiger partial charge in [0.25, 0.3) is 0 Å². The van der Waals surface area contributed by atoms with Crippen LogP contribution in [0.15, 0.2) is 71.9 Å². The highest BCUT2D eigenvalue weighted by atomic mass is 32.2. The first kappa shape index (κ1) is 23.4. The molecule has 2 aliphatic heterocycles. The number of hydrogen-bond acceptors (Lipinski definition) is 6. The molecule has 1 N–H and O–H groups in total. The zero-order chi connectivity index (χ0) is 24.6. The molecule has 2 aliphatic rings. The maximum absolute atomic E-state index is 13.8. The molecule has 3 heterocycles. The lowest BCUT2D eigenvalue weighted by molar-refractivity contribution is 0.193. The molecule has 1 saturated heterocycles. The van der Waals surface area contributed by atoms with Crippen LogP contribution in [0.2, 0.25) is 0 Å². The van der Waals surface area contributed by atoms with Crippen molar-refractivity contribution in [2.75, 3.05) is 32.2 Å². The lowest BCUT2D eigenvalue weighted by Crippen LogP contribution is -2.48. The summed E-state index contributed by atoms with van der Waals surface area (Å²) in [6, 6.07) is 15.6. The van der Waals surface area contributed by atoms with E-state index in [9.17, 15) is 13.5 Å². The smallest absolute Gasteiger partial charge is 0.243 e. The van der Waals surface area contributed by atoms with E-state index in [0.29, 0.717) is 18.7 Å². The van der Waals surface area contributed by atoms with E-state index in [1.165, 1.54) is 7.11 Å². The van der Waals surface area contributed by atoms with Crippen LogP contribution in [0.3, 0.4) is 0 Å². The topological polar surface area (TPSA) is 83.0 Å². The van der Waals surface area contributed by atoms with Crippen LogP contribution in [0, 0.1) is 17.8 Å². The van der Waals surface area contributed by atoms with E-state index in [-0.39, 0.29) is 23.5 Å². The van der Waals surface area contributed by atoms with Gasteiger partial charge in [0.15, 0.2) is 0 Å². The van der Waals surface area contributed by atoms with E-state index in [0.717, 1.165) is 22.4 Å². The third-order valence-electron chi connectivity index (χ3n) is 6.96. The molecule has 8 heteroatoms. The Morgan fingerprint density at radius 1 is 1.11 bits per heavy atom. The SMILES string of the molecule is COc1cccc(S(=O)(=O)N2CC[C@H]3[C@@H](CO)N(C)c4ccc(C#Cc5cccnc5)cc4[C@H]32)c1. The average molecular weight is 490 g/mol. The monoisotopic (exact) mass is 489 g/mol. The van der Waals surface area contributed by atoms with E-state index in [1.54, 1.807) is 41.0 Å². The van der Waals surface area contributed by atoms with Gasteiger partial charge >= 0.3 is 0 Å². The van der Waals surface area contributed by atoms with Crippen LogP contribution in [-0.2, 0) is 10.0 Å². The van der Waals surface area contributed by atoms with Crippen molar-refractivity contribution in [1.29, 1.82) is 0 Å². The minimum atomic E-state index is -3.79. The number of fused-ring (bicyclic) bond motifs is 3. The number of anilines is 1. The molecule has 5 rings (SSSR count). The van der Waals surface area contributed by atoms with E-state index in [2.05, 4.69) is 21.7 Å². The van der Waals surface area contributed by atoms with Crippen molar-refractivity contribution < 1.29 is 18.3 Å². The number of methoxy groups -OCH3 is 1. The number of hydrogen-bond donors (Lipinski definition) is 1. The van der Waals surface area contributed by atoms with Gasteiger partial charge in [0, 0.05) is 54.8 Å². The number of aliphatic hydroxyl groups excluding tert-OH is 1. The Kier molecular flexibility index (Phi) is 6.24. The second-order valence-electron chi connectivity index (χ2n) is 8.82. The second kappa shape index (κ2) is 9.34. The van der Waals surface area contributed by atoms with Gasteiger partial charge < -0.3 is 14.7 Å². The number of benzene rings is 2. The molecule has 0 radical (unpaired) electrons. The first-order valence-corrected chi connectivity index (χ1v) is 12.9. The Hall–Kier alpha value is -3.38. The van der Waals surface area contributed by atoms with Crippen LogP contribution in [0.25, 0.3) is 0 Å². The molecule has 0 spiro atoms. The van der Waals surface area contributed by atoms with Crippen molar-refractivity contribution in [2.24, 2.45) is 5.92 Å². The molecule has 0 saturated carbocycles. The van der Waals surface area contributed by atoms with Gasteiger partial charge in [-0.15, -0.1) is 0 Å². The minimum absolute atomic E-state index is 0.0422. The molecule has 3 aromatic rings. The van der Waals surface area contributed by atoms with Crippen molar-refractivity contribution in [1.82, 2.24) is 9.29 Å². The maximum atomic E-state index is 13.8. The summed E-state index contributed by atoms with van der Waals surface area (Å²) < 4.78 is 34.4. The molecule has 1 fully saturated rings. The maximum Gasteiger partial charge on any atom is 0.243 e. The molecule has 3 atom stereocenters. The third kappa shape index (κ3) is 4.16. The molecule has 1 aromatic heterocycles. The van der Waals surface area contributed by atoms with Crippen LogP contribution >= 0.6 is 0 Å². The molecule has 0 aliphatic carbocycles. The molecular formula is C27H27N3O4S. The highest BCUT2D eigenvalue weighted by molar-refractivity contribution is 7.89. The molecule has 0 unspecified atom stereocenters. The first-order chi connectivity index (χ1) is 16.9. The summed E-state index contributed by atoms with van der Waals surface area (Å²) in [5.74, 6) is 6.77. The van der Waals surface area contributed by atoms with Gasteiger partial charge in [0.1, 0.15) is 5.75 Å². The highest BCUT2D eigenvalue weighted by Gasteiger charge is 2.50. The van der Waals surface area contributed by atoms with Crippen LogP contribution in [0.4, 0.5) is 5.69 Å². The van der Waals surface area contributed by atoms with Crippen molar-refractivity contribution in [3.63, 3.8) is 0 Å². The summed E-state index contributed by atoms with van der Waals surface area (Å²) in [7, 11) is -0.320. The van der Waals surface area contributed by atoms with Gasteiger partial charge in [-0.1, -0.05) is 17.9 Å². The van der Waals surface area contributed by atoms with Gasteiger partial charge in [-0.05, 0) is 54.4 Å². The number of ether oxygens (including phenoxy) is 1. The van der Waals surface area contributed by atoms with Gasteiger partial charge in [0.05, 0.1) is 30.7 Å². The van der Waals surface area contributed by atoms with Crippen molar-refractivity contribution in [2.45, 2.75) is 23.4 Å². The summed E-state index contributed by atoms with van der Waals surface area (Å²) in [5.41, 5.74) is 3.42. The van der Waals surface area contributed by atoms with Crippen molar-refractivity contribution in [3.05, 3.63) is 83.7 Å². The highest BCUT2D eigenvalue weighted by Crippen LogP contribution is 2.50. The Labute approximate surface area is 206 Å². The number of rotatable bonds is 4. The molecular weight excluding hydrogens is 462 g/mol. The molecule has 0 bridgehead atoms. The van der Waals surface area contributed by atoms with Crippen LogP contribution < -0.4 is 9.64 Å². The fourth-order valence-electron chi connectivity index (χ4n) is 5.24. The molecule has 0 amide bonds. The number of pyridine rings is 1. The van der Waals surface area contributed by atoms with Crippen LogP contribution in [-0.4, -0.2) is 56.2 Å². The Morgan fingerprint density at radius 3 is 2.69 bits per heavy atom. The second-order valence-corrected chi connectivity index (χ2v) is 10.7. The Bertz CT molecular complexity index is 1400. The summed E-state index contributed by atoms with van der Waals surface area (Å²) in [5, 5.41) is 10.2. The quantitative estimate of drug-likeness (QED) is 0.568. The van der Waals surface area contributed by atoms with E-state index >= 15 is 0 Å². The fourth-order valence-corrected chi connectivity index (χ4v) is 6.94. The average Bonchev–Trinajstić information content (AvgIpc) is 3.34. The summed E-state index contributed by atoms with van der Waals surface area (Å²) >= 11 is 0. The van der Waals surface area contributed by atoms with Gasteiger partial charge in [0.2, 0.25) is 10.0 Å². The van der Waals surface area contributed by atoms with Gasteiger partial charge in [-0.2, -0.15) is 4.31 Å². The summed E-state index contributed by atoms with van der Waals surface area (Å²) in [6.45, 7) is 0.330.